The van der Waals surface area contributed by atoms with E-state index in [0.29, 0.717) is 14.5 Å². The Bertz CT molecular complexity index is 397. The molecule has 0 spiro atoms. The Labute approximate surface area is 117 Å². The first-order valence-corrected chi connectivity index (χ1v) is 7.94. The van der Waals surface area contributed by atoms with Crippen LogP contribution in [0.3, 0.4) is 0 Å². The minimum Gasteiger partial charge on any atom is -0.510 e. The molecule has 106 valence electrons. The highest BCUT2D eigenvalue weighted by molar-refractivity contribution is 7.39. The van der Waals surface area contributed by atoms with E-state index in [9.17, 15) is 15.3 Å². The highest BCUT2D eigenvalue weighted by Crippen LogP contribution is 2.42. The summed E-state index contributed by atoms with van der Waals surface area (Å²) in [6.07, 6.45) is 4.80. The number of allylic oxidation sites excluding steroid dienone is 3. The number of aliphatic hydroxyl groups is 1. The third-order valence-corrected chi connectivity index (χ3v) is 4.46. The van der Waals surface area contributed by atoms with E-state index in [1.807, 2.05) is 13.6 Å². The Morgan fingerprint density at radius 2 is 2.16 bits per heavy atom. The summed E-state index contributed by atoms with van der Waals surface area (Å²) in [6.45, 7) is 8.00. The summed E-state index contributed by atoms with van der Waals surface area (Å²) in [5.41, 5.74) is 1.00. The zero-order valence-electron chi connectivity index (χ0n) is 12.1. The molecule has 0 rings (SSSR count). The van der Waals surface area contributed by atoms with E-state index in [-0.39, 0.29) is 12.3 Å². The number of nitrogens with zero attached hydrogens (tertiary/aromatic N) is 2. The molecular formula is C14H23N2O2P. The van der Waals surface area contributed by atoms with Gasteiger partial charge in [0.15, 0.2) is 0 Å². The number of nitriles is 1. The van der Waals surface area contributed by atoms with Gasteiger partial charge in [0.1, 0.15) is 12.3 Å². The number of hydrogen-bond donors (Lipinski definition) is 1. The zero-order chi connectivity index (χ0) is 14.9. The van der Waals surface area contributed by atoms with Gasteiger partial charge in [-0.25, -0.2) is 0 Å². The molecule has 0 aromatic rings. The quantitative estimate of drug-likeness (QED) is 0.314. The van der Waals surface area contributed by atoms with Crippen LogP contribution in [0.15, 0.2) is 28.7 Å². The van der Waals surface area contributed by atoms with E-state index in [1.165, 1.54) is 6.08 Å². The van der Waals surface area contributed by atoms with Gasteiger partial charge in [-0.2, -0.15) is 10.2 Å². The van der Waals surface area contributed by atoms with Crippen LogP contribution in [0.2, 0.25) is 0 Å². The Hall–Kier alpha value is -1.20. The summed E-state index contributed by atoms with van der Waals surface area (Å²) in [4.78, 5) is 10.1. The maximum Gasteiger partial charge on any atom is 0.138 e. The van der Waals surface area contributed by atoms with Crippen molar-refractivity contribution in [3.63, 3.8) is 0 Å². The van der Waals surface area contributed by atoms with Crippen molar-refractivity contribution in [2.24, 2.45) is 11.1 Å². The van der Waals surface area contributed by atoms with Crippen LogP contribution in [-0.2, 0) is 0 Å². The zero-order valence-corrected chi connectivity index (χ0v) is 13.1. The van der Waals surface area contributed by atoms with Gasteiger partial charge in [-0.05, 0) is 37.1 Å². The lowest BCUT2D eigenvalue weighted by molar-refractivity contribution is 0.403. The summed E-state index contributed by atoms with van der Waals surface area (Å²) < 4.78 is 0. The maximum atomic E-state index is 10.1. The minimum absolute atomic E-state index is 0.0724. The minimum atomic E-state index is -0.464. The van der Waals surface area contributed by atoms with E-state index in [0.717, 1.165) is 18.4 Å². The van der Waals surface area contributed by atoms with Gasteiger partial charge in [0.2, 0.25) is 0 Å². The molecule has 0 saturated carbocycles. The SMILES string of the molecule is CC/C(=C\C=C(\O)CN=O)C(C#N)(CC(C)C)PC. The molecule has 0 aromatic carbocycles. The lowest BCUT2D eigenvalue weighted by Crippen LogP contribution is -2.25. The standard InChI is InChI=1S/C14H23N2O2P/c1-5-12(6-7-13(17)9-16-18)14(10-15,19-4)8-11(2)3/h6-7,11,17,19H,5,8-9H2,1-4H3/b12-6+,13-7+. The predicted octanol–water partition coefficient (Wildman–Crippen LogP) is 4.15. The molecule has 1 N–H and O–H groups in total. The summed E-state index contributed by atoms with van der Waals surface area (Å²) in [5, 5.41) is 21.2. The second-order valence-electron chi connectivity index (χ2n) is 4.86. The molecule has 0 aliphatic carbocycles. The van der Waals surface area contributed by atoms with Gasteiger partial charge in [-0.15, -0.1) is 0 Å². The number of rotatable bonds is 8. The van der Waals surface area contributed by atoms with Crippen molar-refractivity contribution < 1.29 is 5.11 Å². The van der Waals surface area contributed by atoms with E-state index in [4.69, 9.17) is 0 Å². The molecule has 5 heteroatoms. The molecule has 0 aromatic heterocycles. The van der Waals surface area contributed by atoms with Crippen LogP contribution in [-0.4, -0.2) is 23.5 Å². The van der Waals surface area contributed by atoms with Gasteiger partial charge in [0.25, 0.3) is 0 Å². The Morgan fingerprint density at radius 1 is 1.53 bits per heavy atom. The van der Waals surface area contributed by atoms with Gasteiger partial charge in [0.05, 0.1) is 11.2 Å². The largest absolute Gasteiger partial charge is 0.510 e. The van der Waals surface area contributed by atoms with Crippen molar-refractivity contribution in [1.82, 2.24) is 0 Å². The molecule has 19 heavy (non-hydrogen) atoms. The second-order valence-corrected chi connectivity index (χ2v) is 6.21. The molecule has 2 unspecified atom stereocenters. The van der Waals surface area contributed by atoms with Crippen molar-refractivity contribution in [3.8, 4) is 6.07 Å². The third kappa shape index (κ3) is 5.53. The fourth-order valence-electron chi connectivity index (χ4n) is 2.06. The Morgan fingerprint density at radius 3 is 2.53 bits per heavy atom. The molecule has 0 heterocycles. The molecule has 2 atom stereocenters. The molecule has 0 bridgehead atoms. The average Bonchev–Trinajstić information content (AvgIpc) is 2.37. The fraction of sp³-hybridized carbons (Fsp3) is 0.643. The van der Waals surface area contributed by atoms with Crippen LogP contribution in [0.25, 0.3) is 0 Å². The van der Waals surface area contributed by atoms with Crippen LogP contribution in [0.4, 0.5) is 0 Å². The van der Waals surface area contributed by atoms with Gasteiger partial charge in [-0.1, -0.05) is 40.6 Å². The summed E-state index contributed by atoms with van der Waals surface area (Å²) in [5.74, 6) is 0.355. The number of aliphatic hydroxyl groups excluding tert-OH is 1. The first kappa shape index (κ1) is 17.8. The van der Waals surface area contributed by atoms with Gasteiger partial charge >= 0.3 is 0 Å². The van der Waals surface area contributed by atoms with E-state index in [2.05, 4.69) is 25.1 Å². The van der Waals surface area contributed by atoms with Crippen molar-refractivity contribution in [1.29, 1.82) is 5.26 Å². The smallest absolute Gasteiger partial charge is 0.138 e. The van der Waals surface area contributed by atoms with Crippen LogP contribution < -0.4 is 0 Å². The van der Waals surface area contributed by atoms with Gasteiger partial charge in [-0.3, -0.25) is 0 Å². The molecule has 0 amide bonds. The lowest BCUT2D eigenvalue weighted by Gasteiger charge is -2.29. The topological polar surface area (TPSA) is 73.5 Å². The highest BCUT2D eigenvalue weighted by Gasteiger charge is 2.32. The van der Waals surface area contributed by atoms with Crippen LogP contribution in [0.1, 0.15) is 33.6 Å². The molecule has 0 aliphatic rings. The molecule has 0 fully saturated rings. The molecule has 0 saturated heterocycles. The normalized spacial score (nSPS) is 16.6. The van der Waals surface area contributed by atoms with Crippen molar-refractivity contribution in [2.45, 2.75) is 38.8 Å². The number of nitroso groups, excluding NO2 is 1. The highest BCUT2D eigenvalue weighted by atomic mass is 31.1. The van der Waals surface area contributed by atoms with Crippen molar-refractivity contribution in [3.05, 3.63) is 28.4 Å². The fourth-order valence-corrected chi connectivity index (χ4v) is 3.36. The maximum absolute atomic E-state index is 10.1. The summed E-state index contributed by atoms with van der Waals surface area (Å²) in [7, 11) is 0.478. The monoisotopic (exact) mass is 282 g/mol. The molecule has 4 nitrogen and oxygen atoms in total. The van der Waals surface area contributed by atoms with Crippen molar-refractivity contribution in [2.75, 3.05) is 13.2 Å². The van der Waals surface area contributed by atoms with Gasteiger partial charge in [0, 0.05) is 0 Å². The predicted molar refractivity (Wildman–Crippen MR) is 81.8 cm³/mol. The molecular weight excluding hydrogens is 259 g/mol. The summed E-state index contributed by atoms with van der Waals surface area (Å²) >= 11 is 0. The van der Waals surface area contributed by atoms with E-state index in [1.54, 1.807) is 6.08 Å². The first-order chi connectivity index (χ1) is 8.95. The van der Waals surface area contributed by atoms with Crippen molar-refractivity contribution >= 4 is 8.58 Å². The second kappa shape index (κ2) is 8.82. The van der Waals surface area contributed by atoms with E-state index >= 15 is 0 Å². The summed E-state index contributed by atoms with van der Waals surface area (Å²) in [6, 6.07) is 2.45. The Kier molecular flexibility index (Phi) is 8.27. The first-order valence-electron chi connectivity index (χ1n) is 6.44. The van der Waals surface area contributed by atoms with E-state index < -0.39 is 5.16 Å². The van der Waals surface area contributed by atoms with Crippen LogP contribution in [0.5, 0.6) is 0 Å². The average molecular weight is 282 g/mol. The third-order valence-electron chi connectivity index (χ3n) is 2.96. The molecule has 0 aliphatic heterocycles. The van der Waals surface area contributed by atoms with Crippen LogP contribution >= 0.6 is 8.58 Å². The molecule has 0 radical (unpaired) electrons. The Balaban J connectivity index is 5.37. The van der Waals surface area contributed by atoms with Crippen LogP contribution in [0, 0.1) is 22.2 Å². The van der Waals surface area contributed by atoms with Gasteiger partial charge < -0.3 is 5.11 Å². The number of hydrogen-bond acceptors (Lipinski definition) is 4. The lowest BCUT2D eigenvalue weighted by atomic mass is 9.88.